The van der Waals surface area contributed by atoms with Crippen LogP contribution in [0.3, 0.4) is 0 Å². The number of benzene rings is 2. The zero-order valence-electron chi connectivity index (χ0n) is 11.6. The number of hydrogen-bond donors (Lipinski definition) is 1. The predicted molar refractivity (Wildman–Crippen MR) is 82.8 cm³/mol. The molecule has 0 fully saturated rings. The highest BCUT2D eigenvalue weighted by Crippen LogP contribution is 2.24. The van der Waals surface area contributed by atoms with Crippen molar-refractivity contribution < 1.29 is 4.39 Å². The summed E-state index contributed by atoms with van der Waals surface area (Å²) in [7, 11) is 1.90. The Labute approximate surface area is 127 Å². The molecule has 1 atom stereocenters. The lowest BCUT2D eigenvalue weighted by Crippen LogP contribution is -2.14. The molecule has 1 unspecified atom stereocenters. The van der Waals surface area contributed by atoms with E-state index in [9.17, 15) is 4.39 Å². The van der Waals surface area contributed by atoms with Crippen molar-refractivity contribution in [2.45, 2.75) is 12.5 Å². The summed E-state index contributed by atoms with van der Waals surface area (Å²) in [5, 5.41) is 5.69. The average molecular weight is 304 g/mol. The van der Waals surface area contributed by atoms with Crippen molar-refractivity contribution in [1.82, 2.24) is 9.78 Å². The zero-order valence-corrected chi connectivity index (χ0v) is 12.3. The number of hydrogen-bond acceptors (Lipinski definition) is 2. The maximum absolute atomic E-state index is 13.5. The lowest BCUT2D eigenvalue weighted by Gasteiger charge is -2.11. The molecule has 0 aliphatic rings. The second kappa shape index (κ2) is 5.47. The maximum Gasteiger partial charge on any atom is 0.142 e. The van der Waals surface area contributed by atoms with E-state index in [-0.39, 0.29) is 11.1 Å². The maximum atomic E-state index is 13.5. The van der Waals surface area contributed by atoms with Crippen LogP contribution in [0.5, 0.6) is 0 Å². The summed E-state index contributed by atoms with van der Waals surface area (Å²) in [5.41, 5.74) is 8.87. The van der Waals surface area contributed by atoms with Crippen LogP contribution in [0, 0.1) is 5.82 Å². The van der Waals surface area contributed by atoms with Gasteiger partial charge in [-0.15, -0.1) is 0 Å². The van der Waals surface area contributed by atoms with Gasteiger partial charge in [-0.2, -0.15) is 5.10 Å². The minimum Gasteiger partial charge on any atom is -0.324 e. The topological polar surface area (TPSA) is 43.8 Å². The van der Waals surface area contributed by atoms with Gasteiger partial charge in [0.2, 0.25) is 0 Å². The fraction of sp³-hybridized carbons (Fsp3) is 0.188. The highest BCUT2D eigenvalue weighted by Gasteiger charge is 2.14. The molecule has 0 aliphatic carbocycles. The quantitative estimate of drug-likeness (QED) is 0.803. The fourth-order valence-electron chi connectivity index (χ4n) is 2.51. The molecule has 3 aromatic rings. The molecule has 3 nitrogen and oxygen atoms in total. The summed E-state index contributed by atoms with van der Waals surface area (Å²) in [6.45, 7) is 0. The summed E-state index contributed by atoms with van der Waals surface area (Å²) in [5.74, 6) is -0.449. The van der Waals surface area contributed by atoms with Crippen LogP contribution >= 0.6 is 11.6 Å². The molecular formula is C16H15ClFN3. The number of rotatable bonds is 3. The molecule has 5 heteroatoms. The number of aromatic nitrogens is 2. The predicted octanol–water partition coefficient (Wildman–Crippen LogP) is 3.61. The molecule has 2 N–H and O–H groups in total. The monoisotopic (exact) mass is 303 g/mol. The molecule has 0 spiro atoms. The minimum absolute atomic E-state index is 0.106. The lowest BCUT2D eigenvalue weighted by atomic mass is 10.0. The third kappa shape index (κ3) is 2.64. The summed E-state index contributed by atoms with van der Waals surface area (Å²) in [6, 6.07) is 12.3. The Morgan fingerprint density at radius 2 is 2.05 bits per heavy atom. The minimum atomic E-state index is -0.449. The van der Waals surface area contributed by atoms with E-state index >= 15 is 0 Å². The molecule has 2 aromatic carbocycles. The van der Waals surface area contributed by atoms with Gasteiger partial charge in [-0.3, -0.25) is 4.68 Å². The largest absolute Gasteiger partial charge is 0.324 e. The van der Waals surface area contributed by atoms with Gasteiger partial charge < -0.3 is 5.73 Å². The summed E-state index contributed by atoms with van der Waals surface area (Å²) < 4.78 is 15.4. The van der Waals surface area contributed by atoms with Gasteiger partial charge in [0.15, 0.2) is 0 Å². The van der Waals surface area contributed by atoms with E-state index in [2.05, 4.69) is 5.10 Å². The highest BCUT2D eigenvalue weighted by atomic mass is 35.5. The summed E-state index contributed by atoms with van der Waals surface area (Å²) >= 11 is 5.70. The van der Waals surface area contributed by atoms with Crippen LogP contribution < -0.4 is 5.73 Å². The standard InChI is InChI=1S/C16H15ClFN3/c1-21-16-5-3-2-4-11(16)15(20-21)9-14(19)10-6-7-12(17)13(18)8-10/h2-8,14H,9,19H2,1H3. The van der Waals surface area contributed by atoms with Crippen molar-refractivity contribution in [2.75, 3.05) is 0 Å². The van der Waals surface area contributed by atoms with E-state index < -0.39 is 5.82 Å². The molecular weight excluding hydrogens is 289 g/mol. The van der Waals surface area contributed by atoms with Crippen LogP contribution in [0.15, 0.2) is 42.5 Å². The number of halogens is 2. The van der Waals surface area contributed by atoms with E-state index in [1.807, 2.05) is 36.0 Å². The zero-order chi connectivity index (χ0) is 15.0. The Morgan fingerprint density at radius 1 is 1.29 bits per heavy atom. The van der Waals surface area contributed by atoms with Gasteiger partial charge in [0.25, 0.3) is 0 Å². The van der Waals surface area contributed by atoms with Crippen molar-refractivity contribution in [2.24, 2.45) is 12.8 Å². The van der Waals surface area contributed by atoms with Crippen LogP contribution in [0.4, 0.5) is 4.39 Å². The number of nitrogens with zero attached hydrogens (tertiary/aromatic N) is 2. The SMILES string of the molecule is Cn1nc(CC(N)c2ccc(Cl)c(F)c2)c2ccccc21. The molecule has 0 saturated carbocycles. The fourth-order valence-corrected chi connectivity index (χ4v) is 2.63. The van der Waals surface area contributed by atoms with Gasteiger partial charge in [0, 0.05) is 24.9 Å². The number of nitrogens with two attached hydrogens (primary N) is 1. The molecule has 0 aliphatic heterocycles. The molecule has 0 radical (unpaired) electrons. The molecule has 3 rings (SSSR count). The van der Waals surface area contributed by atoms with Gasteiger partial charge in [-0.05, 0) is 23.8 Å². The lowest BCUT2D eigenvalue weighted by molar-refractivity contribution is 0.617. The number of fused-ring (bicyclic) bond motifs is 1. The van der Waals surface area contributed by atoms with Gasteiger partial charge >= 0.3 is 0 Å². The third-order valence-corrected chi connectivity index (χ3v) is 3.93. The van der Waals surface area contributed by atoms with Gasteiger partial charge in [-0.1, -0.05) is 35.9 Å². The third-order valence-electron chi connectivity index (χ3n) is 3.62. The van der Waals surface area contributed by atoms with E-state index in [0.29, 0.717) is 12.0 Å². The van der Waals surface area contributed by atoms with E-state index in [0.717, 1.165) is 16.6 Å². The molecule has 108 valence electrons. The summed E-state index contributed by atoms with van der Waals surface area (Å²) in [6.07, 6.45) is 0.544. The van der Waals surface area contributed by atoms with E-state index in [1.54, 1.807) is 6.07 Å². The molecule has 0 saturated heterocycles. The van der Waals surface area contributed by atoms with Crippen LogP contribution in [0.2, 0.25) is 5.02 Å². The Bertz CT molecular complexity index is 797. The van der Waals surface area contributed by atoms with Gasteiger partial charge in [0.1, 0.15) is 5.82 Å². The second-order valence-corrected chi connectivity index (χ2v) is 5.48. The smallest absolute Gasteiger partial charge is 0.142 e. The van der Waals surface area contributed by atoms with Crippen LogP contribution in [0.25, 0.3) is 10.9 Å². The average Bonchev–Trinajstić information content (AvgIpc) is 2.79. The van der Waals surface area contributed by atoms with Crippen LogP contribution in [0.1, 0.15) is 17.3 Å². The van der Waals surface area contributed by atoms with Gasteiger partial charge in [-0.25, -0.2) is 4.39 Å². The van der Waals surface area contributed by atoms with Crippen molar-refractivity contribution in [1.29, 1.82) is 0 Å². The normalized spacial score (nSPS) is 12.8. The summed E-state index contributed by atoms with van der Waals surface area (Å²) in [4.78, 5) is 0. The highest BCUT2D eigenvalue weighted by molar-refractivity contribution is 6.30. The molecule has 0 amide bonds. The second-order valence-electron chi connectivity index (χ2n) is 5.07. The van der Waals surface area contributed by atoms with E-state index in [1.165, 1.54) is 12.1 Å². The first-order valence-corrected chi connectivity index (χ1v) is 7.05. The number of para-hydroxylation sites is 1. The Hall–Kier alpha value is -1.91. The van der Waals surface area contributed by atoms with Crippen molar-refractivity contribution in [3.8, 4) is 0 Å². The first kappa shape index (κ1) is 14.0. The van der Waals surface area contributed by atoms with Crippen LogP contribution in [-0.4, -0.2) is 9.78 Å². The molecule has 0 bridgehead atoms. The van der Waals surface area contributed by atoms with Crippen molar-refractivity contribution in [3.63, 3.8) is 0 Å². The Morgan fingerprint density at radius 3 is 2.81 bits per heavy atom. The Kier molecular flexibility index (Phi) is 3.66. The van der Waals surface area contributed by atoms with Gasteiger partial charge in [0.05, 0.1) is 16.2 Å². The molecule has 1 aromatic heterocycles. The number of aryl methyl sites for hydroxylation is 1. The molecule has 1 heterocycles. The van der Waals surface area contributed by atoms with E-state index in [4.69, 9.17) is 17.3 Å². The van der Waals surface area contributed by atoms with Crippen molar-refractivity contribution >= 4 is 22.5 Å². The van der Waals surface area contributed by atoms with Crippen LogP contribution in [-0.2, 0) is 13.5 Å². The first-order valence-electron chi connectivity index (χ1n) is 6.67. The molecule has 21 heavy (non-hydrogen) atoms. The first-order chi connectivity index (χ1) is 10.1. The van der Waals surface area contributed by atoms with Crippen molar-refractivity contribution in [3.05, 3.63) is 64.6 Å². The Balaban J connectivity index is 1.92.